The standard InChI is InChI=1S/C22H30N4O4/c1-16(26(2)15-27)14-24-9-5-6-10-30-20-12-18-8-4-3-7-17(18)11-19(20)13-21(28)25-22(23)29/h3-4,7-8,11-12,15-16,24H,5-6,9-10,13-14H2,1-2H3,(H3,23,25,28,29)/t16-/m0/s1. The molecule has 0 fully saturated rings. The van der Waals surface area contributed by atoms with Gasteiger partial charge in [-0.15, -0.1) is 0 Å². The molecule has 162 valence electrons. The van der Waals surface area contributed by atoms with E-state index in [-0.39, 0.29) is 12.5 Å². The van der Waals surface area contributed by atoms with Crippen molar-refractivity contribution in [2.24, 2.45) is 5.73 Å². The van der Waals surface area contributed by atoms with Crippen molar-refractivity contribution in [3.8, 4) is 5.75 Å². The topological polar surface area (TPSA) is 114 Å². The number of ether oxygens (including phenoxy) is 1. The molecule has 0 aromatic heterocycles. The number of carbonyl (C=O) groups is 3. The number of hydrogen-bond acceptors (Lipinski definition) is 5. The average Bonchev–Trinajstić information content (AvgIpc) is 2.71. The van der Waals surface area contributed by atoms with Crippen LogP contribution in [0.1, 0.15) is 25.3 Å². The van der Waals surface area contributed by atoms with Crippen LogP contribution >= 0.6 is 0 Å². The van der Waals surface area contributed by atoms with Gasteiger partial charge >= 0.3 is 6.03 Å². The van der Waals surface area contributed by atoms with Crippen molar-refractivity contribution in [3.63, 3.8) is 0 Å². The highest BCUT2D eigenvalue weighted by Gasteiger charge is 2.12. The smallest absolute Gasteiger partial charge is 0.318 e. The molecule has 0 aliphatic carbocycles. The predicted octanol–water partition coefficient (Wildman–Crippen LogP) is 1.80. The van der Waals surface area contributed by atoms with Crippen LogP contribution in [0.5, 0.6) is 5.75 Å². The Balaban J connectivity index is 1.89. The maximum absolute atomic E-state index is 12.0. The summed E-state index contributed by atoms with van der Waals surface area (Å²) in [4.78, 5) is 35.3. The van der Waals surface area contributed by atoms with Gasteiger partial charge < -0.3 is 20.7 Å². The number of imide groups is 1. The molecule has 4 N–H and O–H groups in total. The van der Waals surface area contributed by atoms with Crippen LogP contribution in [0.15, 0.2) is 36.4 Å². The van der Waals surface area contributed by atoms with Crippen molar-refractivity contribution in [1.29, 1.82) is 0 Å². The molecule has 1 atom stereocenters. The first-order chi connectivity index (χ1) is 14.4. The summed E-state index contributed by atoms with van der Waals surface area (Å²) in [5.74, 6) is 0.156. The van der Waals surface area contributed by atoms with Crippen LogP contribution in [0.25, 0.3) is 10.8 Å². The van der Waals surface area contributed by atoms with Gasteiger partial charge in [-0.1, -0.05) is 24.3 Å². The summed E-state index contributed by atoms with van der Waals surface area (Å²) in [5.41, 5.74) is 5.73. The Morgan fingerprint density at radius 2 is 1.90 bits per heavy atom. The van der Waals surface area contributed by atoms with Gasteiger partial charge in [0.05, 0.1) is 13.0 Å². The largest absolute Gasteiger partial charge is 0.493 e. The molecule has 0 unspecified atom stereocenters. The van der Waals surface area contributed by atoms with Crippen LogP contribution < -0.4 is 21.1 Å². The maximum Gasteiger partial charge on any atom is 0.318 e. The molecule has 0 spiro atoms. The Labute approximate surface area is 176 Å². The molecule has 4 amide bonds. The number of rotatable bonds is 12. The number of nitrogens with one attached hydrogen (secondary N) is 2. The number of urea groups is 1. The molecular weight excluding hydrogens is 384 g/mol. The summed E-state index contributed by atoms with van der Waals surface area (Å²) in [7, 11) is 1.76. The lowest BCUT2D eigenvalue weighted by molar-refractivity contribution is -0.119. The molecule has 0 radical (unpaired) electrons. The summed E-state index contributed by atoms with van der Waals surface area (Å²) < 4.78 is 5.96. The molecule has 8 heteroatoms. The zero-order chi connectivity index (χ0) is 21.9. The lowest BCUT2D eigenvalue weighted by Crippen LogP contribution is -2.37. The van der Waals surface area contributed by atoms with E-state index >= 15 is 0 Å². The number of amides is 4. The average molecular weight is 415 g/mol. The number of benzene rings is 2. The highest BCUT2D eigenvalue weighted by molar-refractivity contribution is 5.95. The monoisotopic (exact) mass is 414 g/mol. The first-order valence-electron chi connectivity index (χ1n) is 10.0. The Morgan fingerprint density at radius 1 is 1.20 bits per heavy atom. The molecule has 0 saturated heterocycles. The third kappa shape index (κ3) is 7.36. The Bertz CT molecular complexity index is 871. The molecule has 8 nitrogen and oxygen atoms in total. The van der Waals surface area contributed by atoms with Crippen LogP contribution in [0.2, 0.25) is 0 Å². The van der Waals surface area contributed by atoms with Gasteiger partial charge in [-0.25, -0.2) is 4.79 Å². The normalized spacial score (nSPS) is 11.7. The maximum atomic E-state index is 12.0. The van der Waals surface area contributed by atoms with Gasteiger partial charge in [0.1, 0.15) is 5.75 Å². The Kier molecular flexibility index (Phi) is 9.08. The van der Waals surface area contributed by atoms with Gasteiger partial charge in [-0.2, -0.15) is 0 Å². The quantitative estimate of drug-likeness (QED) is 0.362. The van der Waals surface area contributed by atoms with Gasteiger partial charge in [0.15, 0.2) is 0 Å². The summed E-state index contributed by atoms with van der Waals surface area (Å²) >= 11 is 0. The predicted molar refractivity (Wildman–Crippen MR) is 116 cm³/mol. The van der Waals surface area contributed by atoms with Crippen molar-refractivity contribution in [3.05, 3.63) is 42.0 Å². The lowest BCUT2D eigenvalue weighted by atomic mass is 10.0. The molecule has 0 saturated carbocycles. The Morgan fingerprint density at radius 3 is 2.57 bits per heavy atom. The van der Waals surface area contributed by atoms with Crippen LogP contribution in [0.3, 0.4) is 0 Å². The van der Waals surface area contributed by atoms with E-state index in [0.717, 1.165) is 43.1 Å². The van der Waals surface area contributed by atoms with E-state index in [2.05, 4.69) is 10.6 Å². The third-order valence-corrected chi connectivity index (χ3v) is 4.85. The highest BCUT2D eigenvalue weighted by Crippen LogP contribution is 2.27. The zero-order valence-electron chi connectivity index (χ0n) is 17.5. The molecule has 2 aromatic rings. The Hall–Kier alpha value is -3.13. The SMILES string of the molecule is C[C@@H](CNCCCCOc1cc2ccccc2cc1CC(=O)NC(N)=O)N(C)C=O. The van der Waals surface area contributed by atoms with Crippen LogP contribution in [0, 0.1) is 0 Å². The summed E-state index contributed by atoms with van der Waals surface area (Å²) in [6.45, 7) is 4.06. The van der Waals surface area contributed by atoms with E-state index in [9.17, 15) is 14.4 Å². The molecule has 0 aliphatic rings. The van der Waals surface area contributed by atoms with Crippen molar-refractivity contribution in [1.82, 2.24) is 15.5 Å². The molecule has 0 bridgehead atoms. The van der Waals surface area contributed by atoms with Gasteiger partial charge in [0.25, 0.3) is 0 Å². The molecule has 2 rings (SSSR count). The van der Waals surface area contributed by atoms with Gasteiger partial charge in [-0.05, 0) is 49.2 Å². The number of hydrogen-bond donors (Lipinski definition) is 3. The van der Waals surface area contributed by atoms with E-state index in [1.54, 1.807) is 11.9 Å². The summed E-state index contributed by atoms with van der Waals surface area (Å²) in [6.07, 6.45) is 2.59. The molecular formula is C22H30N4O4. The lowest BCUT2D eigenvalue weighted by Gasteiger charge is -2.20. The van der Waals surface area contributed by atoms with Crippen molar-refractivity contribution in [2.45, 2.75) is 32.2 Å². The molecule has 30 heavy (non-hydrogen) atoms. The number of fused-ring (bicyclic) bond motifs is 1. The fourth-order valence-corrected chi connectivity index (χ4v) is 2.99. The second-order valence-electron chi connectivity index (χ2n) is 7.28. The van der Waals surface area contributed by atoms with E-state index < -0.39 is 11.9 Å². The second kappa shape index (κ2) is 11.8. The third-order valence-electron chi connectivity index (χ3n) is 4.85. The first kappa shape index (κ1) is 23.2. The number of carbonyl (C=O) groups excluding carboxylic acids is 3. The minimum absolute atomic E-state index is 0.00675. The minimum atomic E-state index is -0.871. The molecule has 0 aliphatic heterocycles. The number of primary amides is 1. The fourth-order valence-electron chi connectivity index (χ4n) is 2.99. The van der Waals surface area contributed by atoms with Gasteiger partial charge in [0.2, 0.25) is 12.3 Å². The van der Waals surface area contributed by atoms with Crippen LogP contribution in [0.4, 0.5) is 4.79 Å². The number of nitrogens with two attached hydrogens (primary N) is 1. The zero-order valence-corrected chi connectivity index (χ0v) is 17.5. The molecule has 2 aromatic carbocycles. The van der Waals surface area contributed by atoms with Crippen molar-refractivity contribution < 1.29 is 19.1 Å². The number of likely N-dealkylation sites (N-methyl/N-ethyl adjacent to an activating group) is 1. The summed E-state index contributed by atoms with van der Waals surface area (Å²) in [5, 5.41) is 7.42. The minimum Gasteiger partial charge on any atom is -0.493 e. The van der Waals surface area contributed by atoms with E-state index in [4.69, 9.17) is 10.5 Å². The molecule has 0 heterocycles. The summed E-state index contributed by atoms with van der Waals surface area (Å²) in [6, 6.07) is 10.9. The van der Waals surface area contributed by atoms with Gasteiger partial charge in [0, 0.05) is 25.2 Å². The van der Waals surface area contributed by atoms with Crippen LogP contribution in [-0.4, -0.2) is 56.0 Å². The van der Waals surface area contributed by atoms with E-state index in [1.165, 1.54) is 0 Å². The van der Waals surface area contributed by atoms with Crippen molar-refractivity contribution >= 4 is 29.1 Å². The van der Waals surface area contributed by atoms with E-state index in [0.29, 0.717) is 17.9 Å². The fraction of sp³-hybridized carbons (Fsp3) is 0.409. The highest BCUT2D eigenvalue weighted by atomic mass is 16.5. The number of unbranched alkanes of at least 4 members (excludes halogenated alkanes) is 1. The second-order valence-corrected chi connectivity index (χ2v) is 7.28. The van der Waals surface area contributed by atoms with Crippen LogP contribution in [-0.2, 0) is 16.0 Å². The number of nitrogens with zero attached hydrogens (tertiary/aromatic N) is 1. The van der Waals surface area contributed by atoms with E-state index in [1.807, 2.05) is 43.3 Å². The van der Waals surface area contributed by atoms with Crippen molar-refractivity contribution in [2.75, 3.05) is 26.7 Å². The first-order valence-corrected chi connectivity index (χ1v) is 10.0. The van der Waals surface area contributed by atoms with Gasteiger partial charge in [-0.3, -0.25) is 14.9 Å².